The van der Waals surface area contributed by atoms with Gasteiger partial charge in [-0.15, -0.1) is 0 Å². The van der Waals surface area contributed by atoms with Crippen molar-refractivity contribution in [2.24, 2.45) is 10.7 Å². The lowest BCUT2D eigenvalue weighted by molar-refractivity contribution is -0.302. The zero-order valence-electron chi connectivity index (χ0n) is 7.20. The quantitative estimate of drug-likeness (QED) is 0.552. The maximum Gasteiger partial charge on any atom is 0.441 e. The summed E-state index contributed by atoms with van der Waals surface area (Å²) >= 11 is 0. The molecular formula is C5H4F6N4O. The number of aliphatic imine (C=N–C) groups is 1. The number of nitrogens with zero attached hydrogens (tertiary/aromatic N) is 1. The van der Waals surface area contributed by atoms with Crippen molar-refractivity contribution in [1.82, 2.24) is 5.32 Å². The van der Waals surface area contributed by atoms with Gasteiger partial charge in [-0.25, -0.2) is 0 Å². The van der Waals surface area contributed by atoms with Crippen LogP contribution in [0.15, 0.2) is 4.99 Å². The van der Waals surface area contributed by atoms with Crippen LogP contribution in [0.3, 0.4) is 0 Å². The fourth-order valence-electron chi connectivity index (χ4n) is 0.940. The SMILES string of the molecule is N=C1NC(C(F)(F)F)(C(F)(F)F)N=C(N)O1. The van der Waals surface area contributed by atoms with Gasteiger partial charge < -0.3 is 10.5 Å². The molecule has 0 atom stereocenters. The molecule has 5 nitrogen and oxygen atoms in total. The summed E-state index contributed by atoms with van der Waals surface area (Å²) in [6.45, 7) is 0. The first-order valence-corrected chi connectivity index (χ1v) is 3.53. The molecule has 0 saturated carbocycles. The Hall–Kier alpha value is -1.68. The van der Waals surface area contributed by atoms with Crippen LogP contribution >= 0.6 is 0 Å². The van der Waals surface area contributed by atoms with E-state index < -0.39 is 30.1 Å². The van der Waals surface area contributed by atoms with E-state index in [1.54, 1.807) is 0 Å². The summed E-state index contributed by atoms with van der Waals surface area (Å²) in [5.74, 6) is 0. The van der Waals surface area contributed by atoms with Gasteiger partial charge in [0.05, 0.1) is 0 Å². The van der Waals surface area contributed by atoms with Crippen molar-refractivity contribution in [3.05, 3.63) is 0 Å². The first-order valence-electron chi connectivity index (χ1n) is 3.53. The predicted octanol–water partition coefficient (Wildman–Crippen LogP) is 0.677. The van der Waals surface area contributed by atoms with Crippen LogP contribution in [0.2, 0.25) is 0 Å². The third-order valence-electron chi connectivity index (χ3n) is 1.60. The molecule has 1 rings (SSSR count). The number of ether oxygens (including phenoxy) is 1. The molecule has 1 aliphatic rings. The molecule has 0 aromatic rings. The lowest BCUT2D eigenvalue weighted by atomic mass is 10.1. The smallest absolute Gasteiger partial charge is 0.393 e. The van der Waals surface area contributed by atoms with Gasteiger partial charge in [-0.3, -0.25) is 10.7 Å². The van der Waals surface area contributed by atoms with E-state index in [1.807, 2.05) is 0 Å². The summed E-state index contributed by atoms with van der Waals surface area (Å²) in [4.78, 5) is 2.18. The van der Waals surface area contributed by atoms with E-state index in [2.05, 4.69) is 15.5 Å². The molecule has 1 heterocycles. The highest BCUT2D eigenvalue weighted by molar-refractivity contribution is 5.89. The second kappa shape index (κ2) is 3.15. The molecule has 0 aromatic carbocycles. The van der Waals surface area contributed by atoms with Crippen LogP contribution in [0.1, 0.15) is 0 Å². The molecule has 1 aliphatic heterocycles. The number of halogens is 6. The highest BCUT2D eigenvalue weighted by Gasteiger charge is 2.74. The maximum atomic E-state index is 12.3. The highest BCUT2D eigenvalue weighted by Crippen LogP contribution is 2.44. The predicted molar refractivity (Wildman–Crippen MR) is 38.4 cm³/mol. The van der Waals surface area contributed by atoms with Crippen LogP contribution in [0.25, 0.3) is 0 Å². The Labute approximate surface area is 83.8 Å². The Morgan fingerprint density at radius 3 is 1.94 bits per heavy atom. The van der Waals surface area contributed by atoms with Gasteiger partial charge in [0.25, 0.3) is 12.0 Å². The molecule has 0 unspecified atom stereocenters. The van der Waals surface area contributed by atoms with Crippen molar-refractivity contribution in [3.8, 4) is 0 Å². The van der Waals surface area contributed by atoms with Gasteiger partial charge >= 0.3 is 18.0 Å². The average Bonchev–Trinajstić information content (AvgIpc) is 1.97. The second-order valence-corrected chi connectivity index (χ2v) is 2.71. The standard InChI is InChI=1S/C5H4F6N4O/c6-4(7,8)3(5(9,10)11)14-1(12)16-2(13)15-3/h(H2,12,14)(H2,13,15). The molecule has 0 fully saturated rings. The van der Waals surface area contributed by atoms with Crippen molar-refractivity contribution in [1.29, 1.82) is 5.41 Å². The second-order valence-electron chi connectivity index (χ2n) is 2.71. The van der Waals surface area contributed by atoms with Gasteiger partial charge in [0, 0.05) is 0 Å². The van der Waals surface area contributed by atoms with Gasteiger partial charge in [-0.1, -0.05) is 0 Å². The van der Waals surface area contributed by atoms with E-state index in [-0.39, 0.29) is 0 Å². The number of nitrogens with two attached hydrogens (primary N) is 1. The third-order valence-corrected chi connectivity index (χ3v) is 1.60. The summed E-state index contributed by atoms with van der Waals surface area (Å²) < 4.78 is 78.0. The molecule has 0 bridgehead atoms. The number of nitrogens with one attached hydrogen (secondary N) is 2. The van der Waals surface area contributed by atoms with Crippen molar-refractivity contribution in [3.63, 3.8) is 0 Å². The number of amidine groups is 2. The number of alkyl halides is 6. The summed E-state index contributed by atoms with van der Waals surface area (Å²) in [5, 5.41) is 7.42. The third kappa shape index (κ3) is 1.72. The minimum Gasteiger partial charge on any atom is -0.393 e. The summed E-state index contributed by atoms with van der Waals surface area (Å²) in [7, 11) is 0. The molecule has 0 aliphatic carbocycles. The largest absolute Gasteiger partial charge is 0.441 e. The van der Waals surface area contributed by atoms with E-state index >= 15 is 0 Å². The van der Waals surface area contributed by atoms with Crippen molar-refractivity contribution < 1.29 is 31.1 Å². The van der Waals surface area contributed by atoms with Crippen molar-refractivity contribution in [2.45, 2.75) is 18.0 Å². The number of hydrogen-bond donors (Lipinski definition) is 3. The first-order chi connectivity index (χ1) is 6.99. The van der Waals surface area contributed by atoms with Gasteiger partial charge in [0.15, 0.2) is 0 Å². The molecular weight excluding hydrogens is 246 g/mol. The Morgan fingerprint density at radius 1 is 1.19 bits per heavy atom. The van der Waals surface area contributed by atoms with Crippen LogP contribution in [-0.2, 0) is 4.74 Å². The molecule has 92 valence electrons. The molecule has 0 spiro atoms. The van der Waals surface area contributed by atoms with E-state index in [0.717, 1.165) is 5.32 Å². The zero-order valence-corrected chi connectivity index (χ0v) is 7.20. The van der Waals surface area contributed by atoms with Gasteiger partial charge in [-0.05, 0) is 0 Å². The molecule has 0 radical (unpaired) electrons. The minimum absolute atomic E-state index is 0.784. The molecule has 0 aromatic heterocycles. The van der Waals surface area contributed by atoms with Crippen LogP contribution < -0.4 is 11.1 Å². The van der Waals surface area contributed by atoms with Crippen LogP contribution in [0.4, 0.5) is 26.3 Å². The van der Waals surface area contributed by atoms with Gasteiger partial charge in [0.1, 0.15) is 0 Å². The minimum atomic E-state index is -5.81. The van der Waals surface area contributed by atoms with E-state index in [4.69, 9.17) is 5.41 Å². The van der Waals surface area contributed by atoms with Crippen molar-refractivity contribution in [2.75, 3.05) is 0 Å². The van der Waals surface area contributed by atoms with E-state index in [1.165, 1.54) is 0 Å². The van der Waals surface area contributed by atoms with Gasteiger partial charge in [-0.2, -0.15) is 31.3 Å². The Kier molecular flexibility index (Phi) is 2.44. The summed E-state index contributed by atoms with van der Waals surface area (Å²) in [6, 6.07) is -2.87. The molecule has 16 heavy (non-hydrogen) atoms. The Balaban J connectivity index is 3.37. The highest BCUT2D eigenvalue weighted by atomic mass is 19.4. The monoisotopic (exact) mass is 250 g/mol. The van der Waals surface area contributed by atoms with Crippen LogP contribution in [-0.4, -0.2) is 30.1 Å². The maximum absolute atomic E-state index is 12.3. The Bertz CT molecular complexity index is 330. The number of hydrogen-bond acceptors (Lipinski definition) is 4. The van der Waals surface area contributed by atoms with Crippen LogP contribution in [0, 0.1) is 5.41 Å². The van der Waals surface area contributed by atoms with Gasteiger partial charge in [0.2, 0.25) is 0 Å². The molecule has 11 heteroatoms. The molecule has 4 N–H and O–H groups in total. The molecule has 0 amide bonds. The fraction of sp³-hybridized carbons (Fsp3) is 0.600. The van der Waals surface area contributed by atoms with E-state index in [9.17, 15) is 26.3 Å². The zero-order chi connectivity index (χ0) is 12.8. The summed E-state index contributed by atoms with van der Waals surface area (Å²) in [6.07, 6.45) is -11.6. The Morgan fingerprint density at radius 2 is 1.62 bits per heavy atom. The van der Waals surface area contributed by atoms with Crippen LogP contribution in [0.5, 0.6) is 0 Å². The van der Waals surface area contributed by atoms with Crippen molar-refractivity contribution >= 4 is 12.0 Å². The number of rotatable bonds is 0. The lowest BCUT2D eigenvalue weighted by Gasteiger charge is -2.36. The average molecular weight is 250 g/mol. The fourth-order valence-corrected chi connectivity index (χ4v) is 0.940. The first kappa shape index (κ1) is 12.4. The topological polar surface area (TPSA) is 83.5 Å². The normalized spacial score (nSPS) is 20.9. The van der Waals surface area contributed by atoms with E-state index in [0.29, 0.717) is 0 Å². The lowest BCUT2D eigenvalue weighted by Crippen LogP contribution is -2.69. The molecule has 0 saturated heterocycles. The summed E-state index contributed by atoms with van der Waals surface area (Å²) in [5.41, 5.74) is 0.00157.